The van der Waals surface area contributed by atoms with Gasteiger partial charge in [0.15, 0.2) is 5.78 Å². The number of Topliss-reactive ketones (excluding diaryl/α,β-unsaturated/α-hetero) is 1. The lowest BCUT2D eigenvalue weighted by Crippen LogP contribution is -2.39. The van der Waals surface area contributed by atoms with E-state index in [0.29, 0.717) is 29.5 Å². The highest BCUT2D eigenvalue weighted by atomic mass is 35.5. The average Bonchev–Trinajstić information content (AvgIpc) is 2.86. The van der Waals surface area contributed by atoms with Gasteiger partial charge in [0.25, 0.3) is 0 Å². The molecular formula is C14H18ClNO3. The minimum Gasteiger partial charge on any atom is -0.496 e. The van der Waals surface area contributed by atoms with Gasteiger partial charge in [0, 0.05) is 11.1 Å². The zero-order chi connectivity index (χ0) is 13.8. The maximum absolute atomic E-state index is 12.6. The topological polar surface area (TPSA) is 47.6 Å². The van der Waals surface area contributed by atoms with Crippen LogP contribution < -0.4 is 10.1 Å². The molecular weight excluding hydrogens is 266 g/mol. The quantitative estimate of drug-likeness (QED) is 0.841. The summed E-state index contributed by atoms with van der Waals surface area (Å²) in [4.78, 5) is 12.6. The molecule has 2 rings (SSSR count). The first kappa shape index (κ1) is 14.3. The molecule has 1 aliphatic heterocycles. The molecule has 0 aromatic heterocycles. The molecule has 1 aromatic carbocycles. The van der Waals surface area contributed by atoms with Crippen molar-refractivity contribution >= 4 is 17.4 Å². The van der Waals surface area contributed by atoms with Gasteiger partial charge in [-0.25, -0.2) is 0 Å². The molecule has 2 unspecified atom stereocenters. The number of hydrogen-bond donors (Lipinski definition) is 1. The van der Waals surface area contributed by atoms with Gasteiger partial charge in [0.1, 0.15) is 5.75 Å². The van der Waals surface area contributed by atoms with Crippen LogP contribution in [0.3, 0.4) is 0 Å². The molecule has 2 atom stereocenters. The molecule has 0 spiro atoms. The summed E-state index contributed by atoms with van der Waals surface area (Å²) in [6.07, 6.45) is 0. The van der Waals surface area contributed by atoms with Crippen LogP contribution in [0.25, 0.3) is 0 Å². The Hall–Kier alpha value is -1.10. The third-order valence-electron chi connectivity index (χ3n) is 3.31. The van der Waals surface area contributed by atoms with Gasteiger partial charge in [-0.05, 0) is 24.7 Å². The Labute approximate surface area is 118 Å². The molecule has 1 N–H and O–H groups in total. The summed E-state index contributed by atoms with van der Waals surface area (Å²) in [7, 11) is 1.55. The highest BCUT2D eigenvalue weighted by molar-refractivity contribution is 6.31. The summed E-state index contributed by atoms with van der Waals surface area (Å²) in [6, 6.07) is 5.14. The first-order valence-corrected chi connectivity index (χ1v) is 6.74. The number of rotatable bonds is 5. The minimum absolute atomic E-state index is 0.0165. The monoisotopic (exact) mass is 283 g/mol. The van der Waals surface area contributed by atoms with Gasteiger partial charge in [-0.1, -0.05) is 18.5 Å². The zero-order valence-corrected chi connectivity index (χ0v) is 11.9. The van der Waals surface area contributed by atoms with Gasteiger partial charge in [-0.2, -0.15) is 0 Å². The van der Waals surface area contributed by atoms with E-state index < -0.39 is 0 Å². The Morgan fingerprint density at radius 1 is 1.53 bits per heavy atom. The Kier molecular flexibility index (Phi) is 4.80. The molecule has 1 aromatic rings. The first-order valence-electron chi connectivity index (χ1n) is 6.36. The van der Waals surface area contributed by atoms with Crippen LogP contribution in [0.15, 0.2) is 18.2 Å². The van der Waals surface area contributed by atoms with Gasteiger partial charge < -0.3 is 14.8 Å². The fraction of sp³-hybridized carbons (Fsp3) is 0.500. The van der Waals surface area contributed by atoms with Crippen LogP contribution in [0.1, 0.15) is 17.3 Å². The van der Waals surface area contributed by atoms with E-state index in [4.69, 9.17) is 21.1 Å². The predicted octanol–water partition coefficient (Wildman–Crippen LogP) is 2.16. The molecule has 1 saturated heterocycles. The molecule has 19 heavy (non-hydrogen) atoms. The van der Waals surface area contributed by atoms with Crippen LogP contribution in [0, 0.1) is 5.92 Å². The first-order chi connectivity index (χ1) is 9.17. The van der Waals surface area contributed by atoms with Gasteiger partial charge in [0.05, 0.1) is 31.8 Å². The van der Waals surface area contributed by atoms with E-state index in [2.05, 4.69) is 5.32 Å². The van der Waals surface area contributed by atoms with E-state index in [-0.39, 0.29) is 17.7 Å². The number of ketones is 1. The van der Waals surface area contributed by atoms with Gasteiger partial charge in [-0.3, -0.25) is 4.79 Å². The van der Waals surface area contributed by atoms with Crippen LogP contribution in [0.5, 0.6) is 5.75 Å². The Balaban J connectivity index is 2.25. The maximum atomic E-state index is 12.6. The number of ether oxygens (including phenoxy) is 2. The molecule has 0 saturated carbocycles. The standard InChI is InChI=1S/C14H18ClNO3/c1-3-16-12-8-19-7-11(12)14(17)10-6-9(15)4-5-13(10)18-2/h4-6,11-12,16H,3,7-8H2,1-2H3. The second-order valence-electron chi connectivity index (χ2n) is 4.52. The third kappa shape index (κ3) is 3.08. The number of likely N-dealkylation sites (N-methyl/N-ethyl adjacent to an activating group) is 1. The fourth-order valence-corrected chi connectivity index (χ4v) is 2.52. The van der Waals surface area contributed by atoms with Crippen molar-refractivity contribution in [2.45, 2.75) is 13.0 Å². The normalized spacial score (nSPS) is 22.5. The molecule has 1 aliphatic rings. The predicted molar refractivity (Wildman–Crippen MR) is 74.1 cm³/mol. The van der Waals surface area contributed by atoms with Crippen molar-refractivity contribution in [3.63, 3.8) is 0 Å². The van der Waals surface area contributed by atoms with E-state index in [1.54, 1.807) is 25.3 Å². The Morgan fingerprint density at radius 3 is 3.00 bits per heavy atom. The van der Waals surface area contributed by atoms with E-state index in [1.165, 1.54) is 0 Å². The summed E-state index contributed by atoms with van der Waals surface area (Å²) < 4.78 is 10.6. The van der Waals surface area contributed by atoms with Crippen LogP contribution in [0.2, 0.25) is 5.02 Å². The smallest absolute Gasteiger partial charge is 0.173 e. The summed E-state index contributed by atoms with van der Waals surface area (Å²) in [6.45, 7) is 3.82. The van der Waals surface area contributed by atoms with Crippen molar-refractivity contribution in [1.82, 2.24) is 5.32 Å². The summed E-state index contributed by atoms with van der Waals surface area (Å²) in [5, 5.41) is 3.81. The number of carbonyl (C=O) groups is 1. The highest BCUT2D eigenvalue weighted by Gasteiger charge is 2.35. The number of methoxy groups -OCH3 is 1. The number of hydrogen-bond acceptors (Lipinski definition) is 4. The second-order valence-corrected chi connectivity index (χ2v) is 4.95. The van der Waals surface area contributed by atoms with E-state index in [0.717, 1.165) is 6.54 Å². The number of benzene rings is 1. The second kappa shape index (κ2) is 6.37. The van der Waals surface area contributed by atoms with Crippen molar-refractivity contribution in [1.29, 1.82) is 0 Å². The Morgan fingerprint density at radius 2 is 2.32 bits per heavy atom. The molecule has 0 amide bonds. The fourth-order valence-electron chi connectivity index (χ4n) is 2.35. The molecule has 104 valence electrons. The SMILES string of the molecule is CCNC1COCC1C(=O)c1cc(Cl)ccc1OC. The lowest BCUT2D eigenvalue weighted by molar-refractivity contribution is 0.0888. The molecule has 1 fully saturated rings. The molecule has 1 heterocycles. The van der Waals surface area contributed by atoms with Crippen molar-refractivity contribution in [3.8, 4) is 5.75 Å². The molecule has 4 nitrogen and oxygen atoms in total. The third-order valence-corrected chi connectivity index (χ3v) is 3.55. The number of carbonyl (C=O) groups excluding carboxylic acids is 1. The van der Waals surface area contributed by atoms with Crippen molar-refractivity contribution in [3.05, 3.63) is 28.8 Å². The van der Waals surface area contributed by atoms with E-state index in [9.17, 15) is 4.79 Å². The van der Waals surface area contributed by atoms with Crippen LogP contribution in [0.4, 0.5) is 0 Å². The highest BCUT2D eigenvalue weighted by Crippen LogP contribution is 2.28. The van der Waals surface area contributed by atoms with Crippen molar-refractivity contribution < 1.29 is 14.3 Å². The van der Waals surface area contributed by atoms with Gasteiger partial charge in [0.2, 0.25) is 0 Å². The van der Waals surface area contributed by atoms with Crippen LogP contribution >= 0.6 is 11.6 Å². The lowest BCUT2D eigenvalue weighted by Gasteiger charge is -2.18. The molecule has 5 heteroatoms. The summed E-state index contributed by atoms with van der Waals surface area (Å²) in [5.41, 5.74) is 0.522. The number of nitrogens with one attached hydrogen (secondary N) is 1. The largest absolute Gasteiger partial charge is 0.496 e. The lowest BCUT2D eigenvalue weighted by atomic mass is 9.93. The van der Waals surface area contributed by atoms with Gasteiger partial charge >= 0.3 is 0 Å². The number of halogens is 1. The van der Waals surface area contributed by atoms with E-state index in [1.807, 2.05) is 6.92 Å². The van der Waals surface area contributed by atoms with Gasteiger partial charge in [-0.15, -0.1) is 0 Å². The Bertz CT molecular complexity index is 464. The van der Waals surface area contributed by atoms with Crippen molar-refractivity contribution in [2.24, 2.45) is 5.92 Å². The summed E-state index contributed by atoms with van der Waals surface area (Å²) >= 11 is 5.97. The van der Waals surface area contributed by atoms with E-state index >= 15 is 0 Å². The minimum atomic E-state index is -0.188. The average molecular weight is 284 g/mol. The maximum Gasteiger partial charge on any atom is 0.173 e. The summed E-state index contributed by atoms with van der Waals surface area (Å²) in [5.74, 6) is 0.381. The molecule has 0 aliphatic carbocycles. The van der Waals surface area contributed by atoms with Crippen LogP contribution in [-0.4, -0.2) is 38.7 Å². The zero-order valence-electron chi connectivity index (χ0n) is 11.1. The molecule has 0 radical (unpaired) electrons. The molecule has 0 bridgehead atoms. The van der Waals surface area contributed by atoms with Crippen LogP contribution in [-0.2, 0) is 4.74 Å². The van der Waals surface area contributed by atoms with Crippen molar-refractivity contribution in [2.75, 3.05) is 26.9 Å².